The molecule has 0 aliphatic rings. The molecule has 3 N–H and O–H groups in total. The Hall–Kier alpha value is -3.13. The van der Waals surface area contributed by atoms with Crippen molar-refractivity contribution < 1.29 is 9.59 Å². The summed E-state index contributed by atoms with van der Waals surface area (Å²) in [6, 6.07) is 19.9. The number of benzene rings is 2. The van der Waals surface area contributed by atoms with Crippen LogP contribution in [0.2, 0.25) is 0 Å². The van der Waals surface area contributed by atoms with Gasteiger partial charge in [-0.2, -0.15) is 5.26 Å². The molecule has 0 spiro atoms. The number of carbonyl (C=O) groups is 2. The molecule has 0 heterocycles. The van der Waals surface area contributed by atoms with Crippen LogP contribution in [0.1, 0.15) is 31.4 Å². The standard InChI is InChI=1S/C21H23N3O2/c1-15(13-14-22)18(19(23)25)24-20(26)21(2,16-9-5-3-6-10-16)17-11-7-4-8-12-17/h3-12,15,18H,13H2,1-2H3,(H2,23,25)(H,24,26)/t15-,18-/m0/s1. The number of hydrogen-bond donors (Lipinski definition) is 2. The molecule has 2 aromatic rings. The van der Waals surface area contributed by atoms with Crippen molar-refractivity contribution in [2.24, 2.45) is 11.7 Å². The molecule has 2 amide bonds. The Morgan fingerprint density at radius 3 is 1.92 bits per heavy atom. The topological polar surface area (TPSA) is 96.0 Å². The maximum Gasteiger partial charge on any atom is 0.240 e. The lowest BCUT2D eigenvalue weighted by Crippen LogP contribution is -2.54. The molecule has 2 atom stereocenters. The van der Waals surface area contributed by atoms with Gasteiger partial charge in [-0.05, 0) is 24.0 Å². The van der Waals surface area contributed by atoms with Crippen molar-refractivity contribution in [3.05, 3.63) is 71.8 Å². The van der Waals surface area contributed by atoms with Gasteiger partial charge in [0.25, 0.3) is 0 Å². The lowest BCUT2D eigenvalue weighted by molar-refractivity contribution is -0.130. The van der Waals surface area contributed by atoms with E-state index < -0.39 is 17.4 Å². The molecule has 0 fully saturated rings. The van der Waals surface area contributed by atoms with E-state index in [4.69, 9.17) is 11.0 Å². The third-order valence-corrected chi connectivity index (χ3v) is 4.73. The molecule has 0 aliphatic heterocycles. The van der Waals surface area contributed by atoms with Crippen LogP contribution in [0.4, 0.5) is 0 Å². The Balaban J connectivity index is 2.45. The molecule has 0 radical (unpaired) electrons. The van der Waals surface area contributed by atoms with Gasteiger partial charge in [0.2, 0.25) is 11.8 Å². The Kier molecular flexibility index (Phi) is 6.13. The van der Waals surface area contributed by atoms with E-state index in [0.717, 1.165) is 11.1 Å². The average molecular weight is 349 g/mol. The number of nitrogens with two attached hydrogens (primary N) is 1. The molecule has 5 heteroatoms. The molecule has 0 unspecified atom stereocenters. The number of rotatable bonds is 7. The monoisotopic (exact) mass is 349 g/mol. The van der Waals surface area contributed by atoms with Crippen molar-refractivity contribution in [2.75, 3.05) is 0 Å². The molecule has 0 saturated heterocycles. The van der Waals surface area contributed by atoms with Crippen molar-refractivity contribution >= 4 is 11.8 Å². The van der Waals surface area contributed by atoms with Gasteiger partial charge in [-0.3, -0.25) is 9.59 Å². The van der Waals surface area contributed by atoms with Crippen molar-refractivity contribution in [2.45, 2.75) is 31.7 Å². The average Bonchev–Trinajstić information content (AvgIpc) is 2.66. The normalized spacial score (nSPS) is 13.3. The fraction of sp³-hybridized carbons (Fsp3) is 0.286. The molecule has 2 rings (SSSR count). The predicted molar refractivity (Wildman–Crippen MR) is 99.9 cm³/mol. The fourth-order valence-corrected chi connectivity index (χ4v) is 3.01. The summed E-state index contributed by atoms with van der Waals surface area (Å²) in [5, 5.41) is 11.7. The van der Waals surface area contributed by atoms with E-state index in [-0.39, 0.29) is 18.2 Å². The van der Waals surface area contributed by atoms with Crippen molar-refractivity contribution in [3.63, 3.8) is 0 Å². The van der Waals surface area contributed by atoms with Crippen LogP contribution in [-0.2, 0) is 15.0 Å². The minimum Gasteiger partial charge on any atom is -0.368 e. The van der Waals surface area contributed by atoms with E-state index in [2.05, 4.69) is 5.32 Å². The number of nitrogens with zero attached hydrogens (tertiary/aromatic N) is 1. The summed E-state index contributed by atoms with van der Waals surface area (Å²) < 4.78 is 0. The molecular formula is C21H23N3O2. The summed E-state index contributed by atoms with van der Waals surface area (Å²) in [5.74, 6) is -1.36. The summed E-state index contributed by atoms with van der Waals surface area (Å²) >= 11 is 0. The highest BCUT2D eigenvalue weighted by atomic mass is 16.2. The third-order valence-electron chi connectivity index (χ3n) is 4.73. The fourth-order valence-electron chi connectivity index (χ4n) is 3.01. The Bertz CT molecular complexity index is 758. The van der Waals surface area contributed by atoms with Gasteiger partial charge in [0.05, 0.1) is 11.5 Å². The van der Waals surface area contributed by atoms with E-state index in [1.807, 2.05) is 73.7 Å². The van der Waals surface area contributed by atoms with Gasteiger partial charge < -0.3 is 11.1 Å². The second-order valence-corrected chi connectivity index (χ2v) is 6.55. The molecular weight excluding hydrogens is 326 g/mol. The molecule has 2 aromatic carbocycles. The van der Waals surface area contributed by atoms with Crippen LogP contribution in [0.3, 0.4) is 0 Å². The first-order chi connectivity index (χ1) is 12.4. The van der Waals surface area contributed by atoms with E-state index in [9.17, 15) is 9.59 Å². The van der Waals surface area contributed by atoms with Gasteiger partial charge in [-0.25, -0.2) is 0 Å². The minimum atomic E-state index is -0.997. The number of nitriles is 1. The Morgan fingerprint density at radius 2 is 1.54 bits per heavy atom. The second kappa shape index (κ2) is 8.30. The van der Waals surface area contributed by atoms with Crippen LogP contribution in [0.15, 0.2) is 60.7 Å². The van der Waals surface area contributed by atoms with Gasteiger partial charge in [-0.1, -0.05) is 67.6 Å². The smallest absolute Gasteiger partial charge is 0.240 e. The zero-order valence-corrected chi connectivity index (χ0v) is 15.0. The largest absolute Gasteiger partial charge is 0.368 e. The van der Waals surface area contributed by atoms with Crippen molar-refractivity contribution in [1.82, 2.24) is 5.32 Å². The zero-order chi connectivity index (χ0) is 19.2. The van der Waals surface area contributed by atoms with E-state index in [1.165, 1.54) is 0 Å². The van der Waals surface area contributed by atoms with Crippen molar-refractivity contribution in [1.29, 1.82) is 5.26 Å². The van der Waals surface area contributed by atoms with Crippen LogP contribution >= 0.6 is 0 Å². The highest BCUT2D eigenvalue weighted by Gasteiger charge is 2.39. The SMILES string of the molecule is C[C@@H](CC#N)[C@H](NC(=O)C(C)(c1ccccc1)c1ccccc1)C(N)=O. The molecule has 0 bridgehead atoms. The molecule has 0 aliphatic carbocycles. The van der Waals surface area contributed by atoms with E-state index in [1.54, 1.807) is 6.92 Å². The molecule has 5 nitrogen and oxygen atoms in total. The van der Waals surface area contributed by atoms with E-state index in [0.29, 0.717) is 0 Å². The second-order valence-electron chi connectivity index (χ2n) is 6.55. The first-order valence-electron chi connectivity index (χ1n) is 8.49. The van der Waals surface area contributed by atoms with E-state index >= 15 is 0 Å². The van der Waals surface area contributed by atoms with Gasteiger partial charge in [0.1, 0.15) is 6.04 Å². The number of nitrogens with one attached hydrogen (secondary N) is 1. The van der Waals surface area contributed by atoms with Crippen molar-refractivity contribution in [3.8, 4) is 6.07 Å². The predicted octanol–water partition coefficient (Wildman–Crippen LogP) is 2.51. The Labute approximate surface area is 153 Å². The van der Waals surface area contributed by atoms with Gasteiger partial charge in [0, 0.05) is 6.42 Å². The summed E-state index contributed by atoms with van der Waals surface area (Å²) in [5.41, 5.74) is 6.09. The molecule has 0 saturated carbocycles. The summed E-state index contributed by atoms with van der Waals surface area (Å²) in [4.78, 5) is 25.1. The highest BCUT2D eigenvalue weighted by Crippen LogP contribution is 2.32. The molecule has 26 heavy (non-hydrogen) atoms. The van der Waals surface area contributed by atoms with Gasteiger partial charge >= 0.3 is 0 Å². The van der Waals surface area contributed by atoms with Crippen LogP contribution in [0.5, 0.6) is 0 Å². The van der Waals surface area contributed by atoms with Crippen LogP contribution < -0.4 is 11.1 Å². The van der Waals surface area contributed by atoms with Crippen LogP contribution in [-0.4, -0.2) is 17.9 Å². The van der Waals surface area contributed by atoms with Crippen LogP contribution in [0, 0.1) is 17.2 Å². The lowest BCUT2D eigenvalue weighted by Gasteiger charge is -2.32. The maximum absolute atomic E-state index is 13.3. The first kappa shape index (κ1) is 19.2. The zero-order valence-electron chi connectivity index (χ0n) is 15.0. The Morgan fingerprint density at radius 1 is 1.08 bits per heavy atom. The maximum atomic E-state index is 13.3. The number of carbonyl (C=O) groups excluding carboxylic acids is 2. The van der Waals surface area contributed by atoms with Gasteiger partial charge in [0.15, 0.2) is 0 Å². The summed E-state index contributed by atoms with van der Waals surface area (Å²) in [6.45, 7) is 3.54. The van der Waals surface area contributed by atoms with Gasteiger partial charge in [-0.15, -0.1) is 0 Å². The first-order valence-corrected chi connectivity index (χ1v) is 8.49. The summed E-state index contributed by atoms with van der Waals surface area (Å²) in [6.07, 6.45) is 0.126. The number of hydrogen-bond acceptors (Lipinski definition) is 3. The highest BCUT2D eigenvalue weighted by molar-refractivity contribution is 5.95. The minimum absolute atomic E-state index is 0.126. The lowest BCUT2D eigenvalue weighted by atomic mass is 9.75. The third kappa shape index (κ3) is 3.92. The number of amides is 2. The summed E-state index contributed by atoms with van der Waals surface area (Å²) in [7, 11) is 0. The molecule has 0 aromatic heterocycles. The molecule has 134 valence electrons. The quantitative estimate of drug-likeness (QED) is 0.804. The van der Waals surface area contributed by atoms with Crippen LogP contribution in [0.25, 0.3) is 0 Å². The number of primary amides is 1.